The van der Waals surface area contributed by atoms with Gasteiger partial charge in [0.2, 0.25) is 0 Å². The number of phenolic OH excluding ortho intramolecular Hbond substituents is 2. The van der Waals surface area contributed by atoms with E-state index in [2.05, 4.69) is 0 Å². The molecular weight excluding hydrogens is 264 g/mol. The number of hydrogen-bond acceptors (Lipinski definition) is 2. The van der Waals surface area contributed by atoms with E-state index in [4.69, 9.17) is 0 Å². The molecule has 2 rings (SSSR count). The van der Waals surface area contributed by atoms with Crippen LogP contribution in [0.5, 0.6) is 11.5 Å². The number of hydrogen-bond donors (Lipinski definition) is 2. The van der Waals surface area contributed by atoms with E-state index in [1.165, 1.54) is 0 Å². The van der Waals surface area contributed by atoms with Gasteiger partial charge in [-0.15, -0.1) is 0 Å². The summed E-state index contributed by atoms with van der Waals surface area (Å²) < 4.78 is 50.4. The van der Waals surface area contributed by atoms with Gasteiger partial charge in [0.1, 0.15) is 17.3 Å². The van der Waals surface area contributed by atoms with Crippen LogP contribution in [0.3, 0.4) is 0 Å². The summed E-state index contributed by atoms with van der Waals surface area (Å²) in [6.07, 6.45) is -4.67. The van der Waals surface area contributed by atoms with Gasteiger partial charge >= 0.3 is 6.18 Å². The maximum atomic E-state index is 13.0. The van der Waals surface area contributed by atoms with E-state index >= 15 is 0 Å². The van der Waals surface area contributed by atoms with E-state index in [9.17, 15) is 27.8 Å². The second-order valence-electron chi connectivity index (χ2n) is 3.89. The summed E-state index contributed by atoms with van der Waals surface area (Å²) in [4.78, 5) is 0. The van der Waals surface area contributed by atoms with Crippen molar-refractivity contribution in [2.45, 2.75) is 6.18 Å². The molecule has 0 amide bonds. The molecule has 2 aromatic rings. The summed E-state index contributed by atoms with van der Waals surface area (Å²) in [5.41, 5.74) is -1.10. The molecule has 2 nitrogen and oxygen atoms in total. The average molecular weight is 272 g/mol. The normalized spacial score (nSPS) is 11.6. The highest BCUT2D eigenvalue weighted by atomic mass is 19.4. The van der Waals surface area contributed by atoms with Crippen molar-refractivity contribution < 1.29 is 27.8 Å². The largest absolute Gasteiger partial charge is 0.507 e. The minimum absolute atomic E-state index is 0.00373. The highest BCUT2D eigenvalue weighted by Crippen LogP contribution is 2.39. The second-order valence-corrected chi connectivity index (χ2v) is 3.89. The quantitative estimate of drug-likeness (QED) is 0.772. The first kappa shape index (κ1) is 13.2. The molecule has 0 saturated heterocycles. The zero-order chi connectivity index (χ0) is 14.2. The molecule has 0 atom stereocenters. The molecule has 0 radical (unpaired) electrons. The van der Waals surface area contributed by atoms with Gasteiger partial charge < -0.3 is 10.2 Å². The molecule has 0 fully saturated rings. The van der Waals surface area contributed by atoms with Crippen LogP contribution in [0.4, 0.5) is 17.6 Å². The van der Waals surface area contributed by atoms with E-state index in [0.29, 0.717) is 6.07 Å². The van der Waals surface area contributed by atoms with Crippen LogP contribution in [0.1, 0.15) is 5.56 Å². The summed E-state index contributed by atoms with van der Waals surface area (Å²) in [5.74, 6) is -1.92. The lowest BCUT2D eigenvalue weighted by Gasteiger charge is -2.11. The molecule has 0 bridgehead atoms. The maximum absolute atomic E-state index is 13.0. The van der Waals surface area contributed by atoms with Crippen molar-refractivity contribution >= 4 is 0 Å². The molecule has 0 aliphatic carbocycles. The smallest absolute Gasteiger partial charge is 0.419 e. The molecule has 0 heterocycles. The van der Waals surface area contributed by atoms with Crippen molar-refractivity contribution in [1.29, 1.82) is 0 Å². The van der Waals surface area contributed by atoms with Gasteiger partial charge in [0, 0.05) is 5.56 Å². The lowest BCUT2D eigenvalue weighted by Crippen LogP contribution is -2.04. The molecule has 0 saturated carbocycles. The van der Waals surface area contributed by atoms with Gasteiger partial charge in [-0.25, -0.2) is 4.39 Å². The van der Waals surface area contributed by atoms with Gasteiger partial charge in [0.15, 0.2) is 0 Å². The third kappa shape index (κ3) is 2.62. The van der Waals surface area contributed by atoms with Crippen molar-refractivity contribution in [2.24, 2.45) is 0 Å². The first-order chi connectivity index (χ1) is 8.79. The molecule has 2 aromatic carbocycles. The molecule has 0 aliphatic heterocycles. The number of benzene rings is 2. The SMILES string of the molecule is Oc1ccc(F)cc1-c1ccc(C(F)(F)F)c(O)c1. The Labute approximate surface area is 105 Å². The summed E-state index contributed by atoms with van der Waals surface area (Å²) >= 11 is 0. The number of halogens is 4. The Morgan fingerprint density at radius 2 is 1.53 bits per heavy atom. The second kappa shape index (κ2) is 4.46. The molecule has 0 spiro atoms. The number of alkyl halides is 3. The molecule has 0 aliphatic rings. The van der Waals surface area contributed by atoms with Gasteiger partial charge in [-0.2, -0.15) is 13.2 Å². The molecule has 2 N–H and O–H groups in total. The zero-order valence-corrected chi connectivity index (χ0v) is 9.37. The van der Waals surface area contributed by atoms with Crippen LogP contribution >= 0.6 is 0 Å². The fourth-order valence-corrected chi connectivity index (χ4v) is 1.68. The highest BCUT2D eigenvalue weighted by Gasteiger charge is 2.33. The van der Waals surface area contributed by atoms with E-state index in [1.807, 2.05) is 0 Å². The first-order valence-electron chi connectivity index (χ1n) is 5.18. The van der Waals surface area contributed by atoms with Crippen LogP contribution in [-0.2, 0) is 6.18 Å². The predicted octanol–water partition coefficient (Wildman–Crippen LogP) is 3.92. The van der Waals surface area contributed by atoms with E-state index in [1.54, 1.807) is 0 Å². The highest BCUT2D eigenvalue weighted by molar-refractivity contribution is 5.71. The Bertz CT molecular complexity index is 621. The maximum Gasteiger partial charge on any atom is 0.419 e. The van der Waals surface area contributed by atoms with Crippen molar-refractivity contribution in [2.75, 3.05) is 0 Å². The lowest BCUT2D eigenvalue weighted by molar-refractivity contribution is -0.138. The fourth-order valence-electron chi connectivity index (χ4n) is 1.68. The number of aromatic hydroxyl groups is 2. The van der Waals surface area contributed by atoms with E-state index < -0.39 is 23.3 Å². The predicted molar refractivity (Wildman–Crippen MR) is 60.2 cm³/mol. The van der Waals surface area contributed by atoms with Crippen molar-refractivity contribution in [3.05, 3.63) is 47.8 Å². The summed E-state index contributed by atoms with van der Waals surface area (Å²) in [6.45, 7) is 0. The van der Waals surface area contributed by atoms with E-state index in [-0.39, 0.29) is 16.9 Å². The Morgan fingerprint density at radius 1 is 0.842 bits per heavy atom. The first-order valence-corrected chi connectivity index (χ1v) is 5.18. The van der Waals surface area contributed by atoms with E-state index in [0.717, 1.165) is 30.3 Å². The summed E-state index contributed by atoms with van der Waals surface area (Å²) in [6, 6.07) is 5.63. The third-order valence-corrected chi connectivity index (χ3v) is 2.57. The molecule has 0 unspecified atom stereocenters. The summed E-state index contributed by atoms with van der Waals surface area (Å²) in [5, 5.41) is 18.9. The van der Waals surface area contributed by atoms with Crippen molar-refractivity contribution in [1.82, 2.24) is 0 Å². The van der Waals surface area contributed by atoms with Gasteiger partial charge in [0.25, 0.3) is 0 Å². The van der Waals surface area contributed by atoms with Crippen LogP contribution in [-0.4, -0.2) is 10.2 Å². The van der Waals surface area contributed by atoms with Gasteiger partial charge in [-0.1, -0.05) is 6.07 Å². The monoisotopic (exact) mass is 272 g/mol. The van der Waals surface area contributed by atoms with Gasteiger partial charge in [0.05, 0.1) is 5.56 Å². The molecule has 0 aromatic heterocycles. The molecule has 19 heavy (non-hydrogen) atoms. The van der Waals surface area contributed by atoms with Crippen LogP contribution < -0.4 is 0 Å². The minimum atomic E-state index is -4.67. The standard InChI is InChI=1S/C13H8F4O2/c14-8-2-4-11(18)9(6-8)7-1-3-10(12(19)5-7)13(15,16)17/h1-6,18-19H. The molecule has 6 heteroatoms. The Kier molecular flexibility index (Phi) is 3.09. The van der Waals surface area contributed by atoms with Crippen molar-refractivity contribution in [3.63, 3.8) is 0 Å². The Morgan fingerprint density at radius 3 is 2.11 bits per heavy atom. The number of phenols is 2. The van der Waals surface area contributed by atoms with Crippen LogP contribution in [0.2, 0.25) is 0 Å². The summed E-state index contributed by atoms with van der Waals surface area (Å²) in [7, 11) is 0. The van der Waals surface area contributed by atoms with Crippen LogP contribution in [0, 0.1) is 5.82 Å². The van der Waals surface area contributed by atoms with Crippen LogP contribution in [0.25, 0.3) is 11.1 Å². The Balaban J connectivity index is 2.54. The van der Waals surface area contributed by atoms with Crippen molar-refractivity contribution in [3.8, 4) is 22.6 Å². The topological polar surface area (TPSA) is 40.5 Å². The fraction of sp³-hybridized carbons (Fsp3) is 0.0769. The zero-order valence-electron chi connectivity index (χ0n) is 9.37. The van der Waals surface area contributed by atoms with Crippen LogP contribution in [0.15, 0.2) is 36.4 Å². The molecular formula is C13H8F4O2. The number of rotatable bonds is 1. The minimum Gasteiger partial charge on any atom is -0.507 e. The lowest BCUT2D eigenvalue weighted by atomic mass is 10.0. The third-order valence-electron chi connectivity index (χ3n) is 2.57. The molecule has 100 valence electrons. The Hall–Kier alpha value is -2.24. The van der Waals surface area contributed by atoms with Gasteiger partial charge in [-0.05, 0) is 35.9 Å². The van der Waals surface area contributed by atoms with Gasteiger partial charge in [-0.3, -0.25) is 0 Å². The average Bonchev–Trinajstić information content (AvgIpc) is 2.30.